The quantitative estimate of drug-likeness (QED) is 0.322. The molecule has 2 heterocycles. The number of nitrogens with zero attached hydrogens (tertiary/aromatic N) is 2. The standard InChI is InChI=1S/C27H32N2O7/c1-33-19-7-5-18(6-8-19)25(30)23-24(21-10-9-20(34-2)17-22(21)35-3)29(27(32)26(23)31)12-4-11-28-13-15-36-16-14-28/h5-10,17,24,30H,4,11-16H2,1-3H3/b25-23+. The number of likely N-dealkylation sites (tertiary alicyclic amines) is 1. The van der Waals surface area contributed by atoms with E-state index in [1.165, 1.54) is 12.0 Å². The number of aliphatic hydroxyl groups excluding tert-OH is 1. The third-order valence-corrected chi connectivity index (χ3v) is 6.62. The van der Waals surface area contributed by atoms with E-state index in [1.54, 1.807) is 56.7 Å². The molecule has 2 aliphatic heterocycles. The molecule has 0 bridgehead atoms. The van der Waals surface area contributed by atoms with E-state index in [1.807, 2.05) is 0 Å². The molecule has 0 aromatic heterocycles. The van der Waals surface area contributed by atoms with Gasteiger partial charge in [-0.25, -0.2) is 0 Å². The van der Waals surface area contributed by atoms with Crippen molar-refractivity contribution in [1.82, 2.24) is 9.80 Å². The highest BCUT2D eigenvalue weighted by Crippen LogP contribution is 2.43. The fourth-order valence-electron chi connectivity index (χ4n) is 4.67. The number of aliphatic hydroxyl groups is 1. The first-order valence-electron chi connectivity index (χ1n) is 11.9. The number of carbonyl (C=O) groups excluding carboxylic acids is 2. The predicted molar refractivity (Wildman–Crippen MR) is 133 cm³/mol. The van der Waals surface area contributed by atoms with E-state index in [9.17, 15) is 14.7 Å². The SMILES string of the molecule is COc1ccc(/C(O)=C2\C(=O)C(=O)N(CCCN3CCOCC3)C2c2ccc(OC)cc2OC)cc1. The number of ketones is 1. The Morgan fingerprint density at radius 2 is 1.61 bits per heavy atom. The molecule has 0 saturated carbocycles. The summed E-state index contributed by atoms with van der Waals surface area (Å²) in [4.78, 5) is 30.4. The van der Waals surface area contributed by atoms with Gasteiger partial charge in [0.1, 0.15) is 23.0 Å². The third kappa shape index (κ3) is 5.17. The lowest BCUT2D eigenvalue weighted by atomic mass is 9.94. The van der Waals surface area contributed by atoms with Crippen LogP contribution in [0.4, 0.5) is 0 Å². The second-order valence-corrected chi connectivity index (χ2v) is 8.64. The molecule has 192 valence electrons. The van der Waals surface area contributed by atoms with Crippen molar-refractivity contribution in [3.63, 3.8) is 0 Å². The molecular weight excluding hydrogens is 464 g/mol. The van der Waals surface area contributed by atoms with Gasteiger partial charge < -0.3 is 29.0 Å². The van der Waals surface area contributed by atoms with Crippen LogP contribution in [0, 0.1) is 0 Å². The van der Waals surface area contributed by atoms with Crippen LogP contribution < -0.4 is 14.2 Å². The summed E-state index contributed by atoms with van der Waals surface area (Å²) in [7, 11) is 4.62. The van der Waals surface area contributed by atoms with Gasteiger partial charge in [0, 0.05) is 43.4 Å². The van der Waals surface area contributed by atoms with Crippen molar-refractivity contribution >= 4 is 17.4 Å². The van der Waals surface area contributed by atoms with Gasteiger partial charge in [-0.1, -0.05) is 0 Å². The third-order valence-electron chi connectivity index (χ3n) is 6.62. The highest BCUT2D eigenvalue weighted by molar-refractivity contribution is 6.46. The second kappa shape index (κ2) is 11.5. The molecule has 1 atom stereocenters. The molecule has 9 heteroatoms. The summed E-state index contributed by atoms with van der Waals surface area (Å²) in [6.45, 7) is 4.18. The molecule has 2 fully saturated rings. The topological polar surface area (TPSA) is 97.8 Å². The molecule has 2 aromatic rings. The normalized spacial score (nSPS) is 20.0. The largest absolute Gasteiger partial charge is 0.507 e. The first-order chi connectivity index (χ1) is 17.5. The summed E-state index contributed by atoms with van der Waals surface area (Å²) in [6, 6.07) is 11.1. The number of benzene rings is 2. The van der Waals surface area contributed by atoms with E-state index in [2.05, 4.69) is 4.90 Å². The van der Waals surface area contributed by atoms with Crippen LogP contribution in [0.15, 0.2) is 48.0 Å². The number of ether oxygens (including phenoxy) is 4. The van der Waals surface area contributed by atoms with Gasteiger partial charge in [0.2, 0.25) is 0 Å². The zero-order valence-electron chi connectivity index (χ0n) is 20.9. The first-order valence-corrected chi connectivity index (χ1v) is 11.9. The van der Waals surface area contributed by atoms with Crippen molar-refractivity contribution in [2.45, 2.75) is 12.5 Å². The van der Waals surface area contributed by atoms with E-state index < -0.39 is 17.7 Å². The minimum atomic E-state index is -0.808. The fraction of sp³-hybridized carbons (Fsp3) is 0.407. The number of amides is 1. The molecule has 4 rings (SSSR count). The van der Waals surface area contributed by atoms with Crippen LogP contribution in [0.3, 0.4) is 0 Å². The molecule has 1 amide bonds. The Morgan fingerprint density at radius 3 is 2.25 bits per heavy atom. The van der Waals surface area contributed by atoms with Gasteiger partial charge >= 0.3 is 0 Å². The molecule has 1 unspecified atom stereocenters. The lowest BCUT2D eigenvalue weighted by Gasteiger charge is -2.29. The molecule has 2 saturated heterocycles. The summed E-state index contributed by atoms with van der Waals surface area (Å²) in [5.74, 6) is 0.0422. The fourth-order valence-corrected chi connectivity index (χ4v) is 4.67. The maximum Gasteiger partial charge on any atom is 0.295 e. The maximum atomic E-state index is 13.3. The number of Topliss-reactive ketones (excluding diaryl/α,β-unsaturated/α-hetero) is 1. The second-order valence-electron chi connectivity index (χ2n) is 8.64. The zero-order valence-corrected chi connectivity index (χ0v) is 20.9. The van der Waals surface area contributed by atoms with E-state index in [0.717, 1.165) is 19.6 Å². The highest BCUT2D eigenvalue weighted by Gasteiger charge is 2.47. The molecule has 0 spiro atoms. The Bertz CT molecular complexity index is 1120. The lowest BCUT2D eigenvalue weighted by molar-refractivity contribution is -0.140. The number of hydrogen-bond donors (Lipinski definition) is 1. The number of morpholine rings is 1. The summed E-state index contributed by atoms with van der Waals surface area (Å²) >= 11 is 0. The monoisotopic (exact) mass is 496 g/mol. The lowest BCUT2D eigenvalue weighted by Crippen LogP contribution is -2.39. The molecule has 0 radical (unpaired) electrons. The Labute approximate surface area is 210 Å². The molecule has 36 heavy (non-hydrogen) atoms. The van der Waals surface area contributed by atoms with Gasteiger partial charge in [-0.15, -0.1) is 0 Å². The Morgan fingerprint density at radius 1 is 0.944 bits per heavy atom. The summed E-state index contributed by atoms with van der Waals surface area (Å²) < 4.78 is 21.5. The van der Waals surface area contributed by atoms with Crippen molar-refractivity contribution in [2.75, 3.05) is 60.7 Å². The molecule has 9 nitrogen and oxygen atoms in total. The Kier molecular flexibility index (Phi) is 8.12. The van der Waals surface area contributed by atoms with Gasteiger partial charge in [-0.2, -0.15) is 0 Å². The molecule has 2 aliphatic rings. The van der Waals surface area contributed by atoms with Crippen LogP contribution in [0.2, 0.25) is 0 Å². The van der Waals surface area contributed by atoms with Crippen LogP contribution >= 0.6 is 0 Å². The van der Waals surface area contributed by atoms with E-state index >= 15 is 0 Å². The first kappa shape index (κ1) is 25.5. The number of carbonyl (C=O) groups is 2. The molecule has 1 N–H and O–H groups in total. The Balaban J connectivity index is 1.73. The highest BCUT2D eigenvalue weighted by atomic mass is 16.5. The number of hydrogen-bond acceptors (Lipinski definition) is 8. The molecular formula is C27H32N2O7. The van der Waals surface area contributed by atoms with E-state index in [0.29, 0.717) is 54.6 Å². The van der Waals surface area contributed by atoms with Crippen LogP contribution in [-0.2, 0) is 14.3 Å². The maximum absolute atomic E-state index is 13.3. The summed E-state index contributed by atoms with van der Waals surface area (Å²) in [6.07, 6.45) is 0.671. The average molecular weight is 497 g/mol. The number of methoxy groups -OCH3 is 3. The van der Waals surface area contributed by atoms with Crippen molar-refractivity contribution in [1.29, 1.82) is 0 Å². The summed E-state index contributed by atoms with van der Waals surface area (Å²) in [5.41, 5.74) is 1.04. The zero-order chi connectivity index (χ0) is 25.7. The van der Waals surface area contributed by atoms with E-state index in [4.69, 9.17) is 18.9 Å². The van der Waals surface area contributed by atoms with Crippen LogP contribution in [-0.4, -0.2) is 87.3 Å². The van der Waals surface area contributed by atoms with Crippen molar-refractivity contribution < 1.29 is 33.6 Å². The molecule has 0 aliphatic carbocycles. The van der Waals surface area contributed by atoms with Gasteiger partial charge in [0.15, 0.2) is 0 Å². The minimum absolute atomic E-state index is 0.0278. The summed E-state index contributed by atoms with van der Waals surface area (Å²) in [5, 5.41) is 11.3. The number of rotatable bonds is 9. The van der Waals surface area contributed by atoms with Crippen LogP contribution in [0.25, 0.3) is 5.76 Å². The average Bonchev–Trinajstić information content (AvgIpc) is 3.17. The minimum Gasteiger partial charge on any atom is -0.507 e. The van der Waals surface area contributed by atoms with Crippen molar-refractivity contribution in [2.24, 2.45) is 0 Å². The predicted octanol–water partition coefficient (Wildman–Crippen LogP) is 2.86. The Hall–Kier alpha value is -3.56. The van der Waals surface area contributed by atoms with Gasteiger partial charge in [-0.05, 0) is 42.8 Å². The van der Waals surface area contributed by atoms with Crippen LogP contribution in [0.5, 0.6) is 17.2 Å². The van der Waals surface area contributed by atoms with Gasteiger partial charge in [0.05, 0.1) is 46.2 Å². The van der Waals surface area contributed by atoms with Crippen molar-refractivity contribution in [3.05, 3.63) is 59.2 Å². The molecule has 2 aromatic carbocycles. The van der Waals surface area contributed by atoms with Crippen molar-refractivity contribution in [3.8, 4) is 17.2 Å². The van der Waals surface area contributed by atoms with E-state index in [-0.39, 0.29) is 11.3 Å². The van der Waals surface area contributed by atoms with Gasteiger partial charge in [-0.3, -0.25) is 14.5 Å². The smallest absolute Gasteiger partial charge is 0.295 e. The van der Waals surface area contributed by atoms with Gasteiger partial charge in [0.25, 0.3) is 11.7 Å². The van der Waals surface area contributed by atoms with Crippen LogP contribution in [0.1, 0.15) is 23.6 Å².